The maximum atomic E-state index is 4.54. The smallest absolute Gasteiger partial charge is 0.0635 e. The fourth-order valence-electron chi connectivity index (χ4n) is 2.62. The van der Waals surface area contributed by atoms with E-state index in [4.69, 9.17) is 0 Å². The summed E-state index contributed by atoms with van der Waals surface area (Å²) in [5, 5.41) is 2.26. The van der Waals surface area contributed by atoms with Crippen molar-refractivity contribution >= 4 is 33.4 Å². The highest BCUT2D eigenvalue weighted by atomic mass is 32.2. The molecule has 0 spiro atoms. The van der Waals surface area contributed by atoms with E-state index < -0.39 is 0 Å². The molecule has 3 heteroatoms. The van der Waals surface area contributed by atoms with Crippen molar-refractivity contribution in [2.24, 2.45) is 4.99 Å². The molecule has 0 N–H and O–H groups in total. The van der Waals surface area contributed by atoms with Crippen LogP contribution in [0.5, 0.6) is 0 Å². The van der Waals surface area contributed by atoms with E-state index in [-0.39, 0.29) is 10.5 Å². The Hall–Kier alpha value is -1.87. The minimum Gasteiger partial charge on any atom is -0.362 e. The van der Waals surface area contributed by atoms with Gasteiger partial charge in [0.25, 0.3) is 0 Å². The van der Waals surface area contributed by atoms with Crippen LogP contribution in [0.15, 0.2) is 52.4 Å². The summed E-state index contributed by atoms with van der Waals surface area (Å²) in [4.78, 5) is 8.47. The highest BCUT2D eigenvalue weighted by molar-refractivity contribution is 8.16. The van der Waals surface area contributed by atoms with Crippen molar-refractivity contribution in [2.75, 3.05) is 17.3 Å². The van der Waals surface area contributed by atoms with Gasteiger partial charge >= 0.3 is 0 Å². The highest BCUT2D eigenvalue weighted by Gasteiger charge is 2.21. The Kier molecular flexibility index (Phi) is 4.44. The molecule has 0 amide bonds. The molecule has 0 aromatic heterocycles. The molecule has 2 nitrogen and oxygen atoms in total. The zero-order valence-electron chi connectivity index (χ0n) is 13.4. The van der Waals surface area contributed by atoms with Crippen LogP contribution < -0.4 is 4.90 Å². The van der Waals surface area contributed by atoms with Gasteiger partial charge in [-0.15, -0.1) is 10.5 Å². The molecule has 1 aliphatic rings. The zero-order valence-corrected chi connectivity index (χ0v) is 14.2. The molecule has 2 aromatic rings. The molecule has 0 fully saturated rings. The van der Waals surface area contributed by atoms with Gasteiger partial charge in [-0.25, -0.2) is 0 Å². The second-order valence-electron chi connectivity index (χ2n) is 5.57. The van der Waals surface area contributed by atoms with Crippen molar-refractivity contribution in [3.05, 3.63) is 53.6 Å². The summed E-state index contributed by atoms with van der Waals surface area (Å²) in [5.74, 6) is 1.08. The fraction of sp³-hybridized carbons (Fsp3) is 0.263. The third-order valence-electron chi connectivity index (χ3n) is 4.08. The summed E-state index contributed by atoms with van der Waals surface area (Å²) in [7, 11) is 0.127. The van der Waals surface area contributed by atoms with Crippen LogP contribution in [0.3, 0.4) is 0 Å². The van der Waals surface area contributed by atoms with Crippen molar-refractivity contribution in [1.29, 1.82) is 0 Å². The Morgan fingerprint density at radius 2 is 1.86 bits per heavy atom. The first-order valence-corrected chi connectivity index (χ1v) is 9.13. The Balaban J connectivity index is 1.92. The highest BCUT2D eigenvalue weighted by Crippen LogP contribution is 2.44. The van der Waals surface area contributed by atoms with Gasteiger partial charge < -0.3 is 4.90 Å². The number of hydrogen-bond acceptors (Lipinski definition) is 2. The maximum Gasteiger partial charge on any atom is 0.0635 e. The lowest BCUT2D eigenvalue weighted by molar-refractivity contribution is 0.948. The van der Waals surface area contributed by atoms with Gasteiger partial charge in [0.05, 0.1) is 17.3 Å². The van der Waals surface area contributed by atoms with E-state index >= 15 is 0 Å². The van der Waals surface area contributed by atoms with Crippen LogP contribution in [0.1, 0.15) is 18.1 Å². The molecule has 0 aliphatic carbocycles. The lowest BCUT2D eigenvalue weighted by Crippen LogP contribution is -2.18. The van der Waals surface area contributed by atoms with Gasteiger partial charge in [-0.2, -0.15) is 0 Å². The minimum atomic E-state index is 0.127. The summed E-state index contributed by atoms with van der Waals surface area (Å²) in [6.45, 7) is 7.68. The number of hydrogen-bond donors (Lipinski definition) is 0. The molecule has 1 atom stereocenters. The van der Waals surface area contributed by atoms with Crippen LogP contribution in [0.2, 0.25) is 0 Å². The Morgan fingerprint density at radius 3 is 2.59 bits per heavy atom. The quantitative estimate of drug-likeness (QED) is 0.579. The average molecular weight is 310 g/mol. The number of fused-ring (bicyclic) bond motifs is 1. The molecule has 1 heterocycles. The Morgan fingerprint density at radius 1 is 1.14 bits per heavy atom. The van der Waals surface area contributed by atoms with Gasteiger partial charge in [0, 0.05) is 17.7 Å². The van der Waals surface area contributed by atoms with E-state index in [1.54, 1.807) is 0 Å². The predicted octanol–water partition coefficient (Wildman–Crippen LogP) is 4.93. The van der Waals surface area contributed by atoms with E-state index in [0.717, 1.165) is 18.1 Å². The van der Waals surface area contributed by atoms with Crippen LogP contribution in [0.4, 0.5) is 11.4 Å². The van der Waals surface area contributed by atoms with E-state index in [9.17, 15) is 0 Å². The van der Waals surface area contributed by atoms with Crippen molar-refractivity contribution in [1.82, 2.24) is 0 Å². The van der Waals surface area contributed by atoms with Crippen LogP contribution >= 0.6 is 10.5 Å². The van der Waals surface area contributed by atoms with Crippen molar-refractivity contribution < 1.29 is 0 Å². The maximum absolute atomic E-state index is 4.54. The normalized spacial score (nSPS) is 17.4. The minimum absolute atomic E-state index is 0.127. The van der Waals surface area contributed by atoms with Gasteiger partial charge in [0.1, 0.15) is 0 Å². The Labute approximate surface area is 135 Å². The fourth-order valence-corrected chi connectivity index (χ4v) is 4.64. The molecule has 0 saturated carbocycles. The van der Waals surface area contributed by atoms with Gasteiger partial charge in [0.15, 0.2) is 0 Å². The first kappa shape index (κ1) is 15.0. The number of para-hydroxylation sites is 1. The van der Waals surface area contributed by atoms with Crippen LogP contribution in [-0.4, -0.2) is 24.0 Å². The van der Waals surface area contributed by atoms with Crippen LogP contribution in [-0.2, 0) is 0 Å². The monoisotopic (exact) mass is 310 g/mol. The third kappa shape index (κ3) is 3.00. The summed E-state index contributed by atoms with van der Waals surface area (Å²) < 4.78 is 0. The lowest BCUT2D eigenvalue weighted by atomic mass is 10.1. The van der Waals surface area contributed by atoms with Crippen molar-refractivity contribution in [3.8, 4) is 0 Å². The van der Waals surface area contributed by atoms with Gasteiger partial charge in [-0.3, -0.25) is 4.99 Å². The summed E-state index contributed by atoms with van der Waals surface area (Å²) in [6, 6.07) is 14.8. The molecule has 1 aliphatic heterocycles. The number of nitrogens with zero attached hydrogens (tertiary/aromatic N) is 2. The number of rotatable bonds is 3. The number of aliphatic imine (C=N–C) groups is 1. The number of anilines is 1. The number of aryl methyl sites for hydroxylation is 2. The van der Waals surface area contributed by atoms with Crippen molar-refractivity contribution in [2.45, 2.75) is 25.7 Å². The van der Waals surface area contributed by atoms with Crippen LogP contribution in [0.25, 0.3) is 0 Å². The summed E-state index contributed by atoms with van der Waals surface area (Å²) in [5.41, 5.74) is 5.16. The predicted molar refractivity (Wildman–Crippen MR) is 100 cm³/mol. The van der Waals surface area contributed by atoms with E-state index in [1.165, 1.54) is 21.7 Å². The molecule has 114 valence electrons. The second-order valence-corrected chi connectivity index (χ2v) is 7.40. The number of benzene rings is 2. The van der Waals surface area contributed by atoms with E-state index in [1.807, 2.05) is 36.5 Å². The molecule has 1 unspecified atom stereocenters. The van der Waals surface area contributed by atoms with Gasteiger partial charge in [-0.05, 0) is 61.5 Å². The lowest BCUT2D eigenvalue weighted by Gasteiger charge is -2.16. The van der Waals surface area contributed by atoms with Gasteiger partial charge in [0.2, 0.25) is 0 Å². The van der Waals surface area contributed by atoms with E-state index in [2.05, 4.69) is 48.2 Å². The SMILES string of the molecule is CCN1CS(=CC=Nc2ccccc2)c2cc(C)c(C)cc21. The topological polar surface area (TPSA) is 15.6 Å². The molecule has 0 radical (unpaired) electrons. The summed E-state index contributed by atoms with van der Waals surface area (Å²) in [6.07, 6.45) is 1.97. The molecule has 0 bridgehead atoms. The van der Waals surface area contributed by atoms with Crippen molar-refractivity contribution in [3.63, 3.8) is 0 Å². The zero-order chi connectivity index (χ0) is 15.5. The first-order chi connectivity index (χ1) is 10.7. The molecule has 0 saturated heterocycles. The Bertz CT molecular complexity index is 733. The molecular weight excluding hydrogens is 288 g/mol. The van der Waals surface area contributed by atoms with Gasteiger partial charge in [-0.1, -0.05) is 18.2 Å². The molecular formula is C19H22N2S. The first-order valence-electron chi connectivity index (χ1n) is 7.67. The van der Waals surface area contributed by atoms with E-state index in [0.29, 0.717) is 0 Å². The molecule has 2 aromatic carbocycles. The summed E-state index contributed by atoms with van der Waals surface area (Å²) >= 11 is 0. The third-order valence-corrected chi connectivity index (χ3v) is 6.01. The van der Waals surface area contributed by atoms with Crippen LogP contribution in [0, 0.1) is 13.8 Å². The average Bonchev–Trinajstić information content (AvgIpc) is 2.86. The second kappa shape index (κ2) is 6.49. The standard InChI is InChI=1S/C19H22N2S/c1-4-21-14-22(11-10-20-17-8-6-5-7-9-17)19-13-16(3)15(2)12-18(19)21/h5-13H,4,14H2,1-3H3. The largest absolute Gasteiger partial charge is 0.362 e. The molecule has 22 heavy (non-hydrogen) atoms. The molecule has 3 rings (SSSR count).